The number of halogens is 1. The average Bonchev–Trinajstić information content (AvgIpc) is 2.38. The molecule has 2 aromatic rings. The van der Waals surface area contributed by atoms with Crippen molar-refractivity contribution in [1.82, 2.24) is 0 Å². The van der Waals surface area contributed by atoms with Crippen molar-refractivity contribution in [2.75, 3.05) is 0 Å². The predicted octanol–water partition coefficient (Wildman–Crippen LogP) is 4.08. The Kier molecular flexibility index (Phi) is 3.89. The van der Waals surface area contributed by atoms with Crippen molar-refractivity contribution in [3.8, 4) is 0 Å². The van der Waals surface area contributed by atoms with Gasteiger partial charge in [0.05, 0.1) is 0 Å². The third-order valence-electron chi connectivity index (χ3n) is 2.47. The van der Waals surface area contributed by atoms with Gasteiger partial charge in [-0.15, -0.1) is 0 Å². The van der Waals surface area contributed by atoms with Crippen LogP contribution in [0.15, 0.2) is 65.1 Å². The highest BCUT2D eigenvalue weighted by molar-refractivity contribution is 9.10. The van der Waals surface area contributed by atoms with E-state index in [-0.39, 0.29) is 0 Å². The fourth-order valence-corrected chi connectivity index (χ4v) is 1.94. The molecule has 0 spiro atoms. The second kappa shape index (κ2) is 5.60. The summed E-state index contributed by atoms with van der Waals surface area (Å²) in [7, 11) is 0. The minimum Gasteiger partial charge on any atom is -0.299 e. The molecule has 0 saturated heterocycles. The zero-order chi connectivity index (χ0) is 12.1. The highest BCUT2D eigenvalue weighted by Gasteiger charge is 2.03. The summed E-state index contributed by atoms with van der Waals surface area (Å²) >= 11 is 3.40. The number of carbonyl (C=O) groups is 1. The Morgan fingerprint density at radius 3 is 2.06 bits per heavy atom. The second-order valence-corrected chi connectivity index (χ2v) is 4.51. The number of aldehydes is 1. The van der Waals surface area contributed by atoms with Crippen LogP contribution in [0.5, 0.6) is 0 Å². The van der Waals surface area contributed by atoms with Crippen LogP contribution in [0.4, 0.5) is 0 Å². The monoisotopic (exact) mass is 286 g/mol. The molecule has 17 heavy (non-hydrogen) atoms. The van der Waals surface area contributed by atoms with Gasteiger partial charge in [-0.05, 0) is 34.9 Å². The van der Waals surface area contributed by atoms with Gasteiger partial charge in [0.25, 0.3) is 0 Å². The van der Waals surface area contributed by atoms with Crippen LogP contribution in [0.1, 0.15) is 11.1 Å². The summed E-state index contributed by atoms with van der Waals surface area (Å²) in [6.45, 7) is 0. The van der Waals surface area contributed by atoms with Crippen molar-refractivity contribution in [2.45, 2.75) is 0 Å². The fourth-order valence-electron chi connectivity index (χ4n) is 1.67. The third kappa shape index (κ3) is 2.92. The van der Waals surface area contributed by atoms with Gasteiger partial charge < -0.3 is 0 Å². The van der Waals surface area contributed by atoms with E-state index in [1.165, 1.54) is 0 Å². The smallest absolute Gasteiger partial charge is 0.143 e. The fraction of sp³-hybridized carbons (Fsp3) is 0. The molecule has 0 aromatic heterocycles. The Balaban J connectivity index is 2.47. The van der Waals surface area contributed by atoms with Gasteiger partial charge in [-0.25, -0.2) is 0 Å². The topological polar surface area (TPSA) is 17.1 Å². The largest absolute Gasteiger partial charge is 0.299 e. The standard InChI is InChI=1S/C15H11BrO/c16-14-8-6-13(7-9-14)15(10-11-17)12-4-2-1-3-5-12/h1-11H. The molecule has 0 heterocycles. The first-order valence-electron chi connectivity index (χ1n) is 5.28. The Bertz CT molecular complexity index is 527. The highest BCUT2D eigenvalue weighted by Crippen LogP contribution is 2.24. The van der Waals surface area contributed by atoms with Crippen LogP contribution in [0.2, 0.25) is 0 Å². The van der Waals surface area contributed by atoms with Crippen molar-refractivity contribution in [1.29, 1.82) is 0 Å². The SMILES string of the molecule is O=CC=C(c1ccccc1)c1ccc(Br)cc1. The molecule has 2 heteroatoms. The molecule has 0 aliphatic carbocycles. The maximum absolute atomic E-state index is 10.7. The zero-order valence-corrected chi connectivity index (χ0v) is 10.7. The van der Waals surface area contributed by atoms with Crippen LogP contribution in [0, 0.1) is 0 Å². The van der Waals surface area contributed by atoms with Crippen molar-refractivity contribution in [3.63, 3.8) is 0 Å². The minimum absolute atomic E-state index is 0.824. The molecule has 0 atom stereocenters. The summed E-state index contributed by atoms with van der Waals surface area (Å²) in [5, 5.41) is 0. The second-order valence-electron chi connectivity index (χ2n) is 3.59. The summed E-state index contributed by atoms with van der Waals surface area (Å²) in [4.78, 5) is 10.7. The molecule has 0 aliphatic rings. The molecular formula is C15H11BrO. The molecule has 84 valence electrons. The van der Waals surface area contributed by atoms with Crippen LogP contribution in [-0.2, 0) is 4.79 Å². The molecule has 0 bridgehead atoms. The summed E-state index contributed by atoms with van der Waals surface area (Å²) in [5.41, 5.74) is 3.02. The van der Waals surface area contributed by atoms with E-state index in [9.17, 15) is 4.79 Å². The van der Waals surface area contributed by atoms with Gasteiger partial charge in [0, 0.05) is 4.47 Å². The Labute approximate surface area is 109 Å². The van der Waals surface area contributed by atoms with Crippen LogP contribution in [0.3, 0.4) is 0 Å². The van der Waals surface area contributed by atoms with Gasteiger partial charge in [0.1, 0.15) is 6.29 Å². The quantitative estimate of drug-likeness (QED) is 0.614. The highest BCUT2D eigenvalue weighted by atomic mass is 79.9. The molecule has 0 saturated carbocycles. The van der Waals surface area contributed by atoms with E-state index in [1.54, 1.807) is 6.08 Å². The molecular weight excluding hydrogens is 276 g/mol. The number of hydrogen-bond acceptors (Lipinski definition) is 1. The summed E-state index contributed by atoms with van der Waals surface area (Å²) in [6.07, 6.45) is 2.42. The van der Waals surface area contributed by atoms with E-state index in [1.807, 2.05) is 54.6 Å². The van der Waals surface area contributed by atoms with Crippen LogP contribution in [-0.4, -0.2) is 6.29 Å². The molecule has 1 nitrogen and oxygen atoms in total. The Morgan fingerprint density at radius 2 is 1.47 bits per heavy atom. The first kappa shape index (κ1) is 11.8. The van der Waals surface area contributed by atoms with E-state index in [0.717, 1.165) is 27.5 Å². The van der Waals surface area contributed by atoms with Gasteiger partial charge in [0.15, 0.2) is 0 Å². The lowest BCUT2D eigenvalue weighted by molar-refractivity contribution is -0.104. The number of allylic oxidation sites excluding steroid dienone is 1. The molecule has 0 amide bonds. The van der Waals surface area contributed by atoms with E-state index in [2.05, 4.69) is 15.9 Å². The lowest BCUT2D eigenvalue weighted by Gasteiger charge is -2.07. The normalized spacial score (nSPS) is 11.2. The Morgan fingerprint density at radius 1 is 0.882 bits per heavy atom. The first-order valence-corrected chi connectivity index (χ1v) is 6.07. The first-order chi connectivity index (χ1) is 8.31. The van der Waals surface area contributed by atoms with Gasteiger partial charge in [-0.3, -0.25) is 4.79 Å². The maximum atomic E-state index is 10.7. The lowest BCUT2D eigenvalue weighted by atomic mass is 9.98. The number of benzene rings is 2. The van der Waals surface area contributed by atoms with Crippen molar-refractivity contribution < 1.29 is 4.79 Å². The third-order valence-corrected chi connectivity index (χ3v) is 3.00. The number of hydrogen-bond donors (Lipinski definition) is 0. The Hall–Kier alpha value is -1.67. The van der Waals surface area contributed by atoms with Crippen molar-refractivity contribution >= 4 is 27.8 Å². The van der Waals surface area contributed by atoms with E-state index >= 15 is 0 Å². The zero-order valence-electron chi connectivity index (χ0n) is 9.14. The van der Waals surface area contributed by atoms with Crippen molar-refractivity contribution in [3.05, 3.63) is 76.3 Å². The summed E-state index contributed by atoms with van der Waals surface area (Å²) < 4.78 is 1.03. The molecule has 2 rings (SSSR count). The summed E-state index contributed by atoms with van der Waals surface area (Å²) in [5.74, 6) is 0. The van der Waals surface area contributed by atoms with Gasteiger partial charge in [0.2, 0.25) is 0 Å². The van der Waals surface area contributed by atoms with E-state index in [4.69, 9.17) is 0 Å². The average molecular weight is 287 g/mol. The van der Waals surface area contributed by atoms with Gasteiger partial charge in [-0.2, -0.15) is 0 Å². The van der Waals surface area contributed by atoms with E-state index in [0.29, 0.717) is 0 Å². The molecule has 0 N–H and O–H groups in total. The van der Waals surface area contributed by atoms with Gasteiger partial charge >= 0.3 is 0 Å². The molecule has 0 aliphatic heterocycles. The summed E-state index contributed by atoms with van der Waals surface area (Å²) in [6, 6.07) is 17.8. The van der Waals surface area contributed by atoms with Crippen molar-refractivity contribution in [2.24, 2.45) is 0 Å². The maximum Gasteiger partial charge on any atom is 0.143 e. The minimum atomic E-state index is 0.824. The molecule has 0 unspecified atom stereocenters. The van der Waals surface area contributed by atoms with Crippen LogP contribution >= 0.6 is 15.9 Å². The molecule has 0 fully saturated rings. The number of carbonyl (C=O) groups excluding carboxylic acids is 1. The van der Waals surface area contributed by atoms with Crippen LogP contribution < -0.4 is 0 Å². The molecule has 0 radical (unpaired) electrons. The lowest BCUT2D eigenvalue weighted by Crippen LogP contribution is -1.88. The molecule has 2 aromatic carbocycles. The van der Waals surface area contributed by atoms with Gasteiger partial charge in [-0.1, -0.05) is 58.4 Å². The number of rotatable bonds is 3. The predicted molar refractivity (Wildman–Crippen MR) is 73.7 cm³/mol. The van der Waals surface area contributed by atoms with Crippen LogP contribution in [0.25, 0.3) is 5.57 Å². The van der Waals surface area contributed by atoms with E-state index < -0.39 is 0 Å².